The molecule has 2 aromatic rings. The molecule has 0 aliphatic carbocycles. The summed E-state index contributed by atoms with van der Waals surface area (Å²) >= 11 is 0. The number of sulfone groups is 1. The lowest BCUT2D eigenvalue weighted by Crippen LogP contribution is -2.11. The van der Waals surface area contributed by atoms with E-state index in [1.165, 1.54) is 26.2 Å². The Labute approximate surface area is 111 Å². The molecule has 1 aromatic heterocycles. The Morgan fingerprint density at radius 1 is 1.37 bits per heavy atom. The summed E-state index contributed by atoms with van der Waals surface area (Å²) < 4.78 is 34.8. The molecule has 1 aromatic carbocycles. The maximum atomic E-state index is 12.4. The van der Waals surface area contributed by atoms with Crippen LogP contribution < -0.4 is 4.74 Å². The van der Waals surface area contributed by atoms with Crippen molar-refractivity contribution in [3.63, 3.8) is 0 Å². The third-order valence-electron chi connectivity index (χ3n) is 2.73. The molecule has 0 spiro atoms. The second-order valence-electron chi connectivity index (χ2n) is 4.05. The number of aryl methyl sites for hydroxylation is 1. The first-order valence-corrected chi connectivity index (χ1v) is 7.18. The summed E-state index contributed by atoms with van der Waals surface area (Å²) in [5.41, 5.74) is 0. The third-order valence-corrected chi connectivity index (χ3v) is 4.77. The highest BCUT2D eigenvalue weighted by atomic mass is 32.2. The molecular weight excluding hydrogens is 268 g/mol. The van der Waals surface area contributed by atoms with Gasteiger partial charge in [-0.2, -0.15) is 4.98 Å². The molecule has 0 bridgehead atoms. The van der Waals surface area contributed by atoms with Crippen LogP contribution in [0.1, 0.15) is 23.9 Å². The van der Waals surface area contributed by atoms with Crippen LogP contribution in [0.5, 0.6) is 5.75 Å². The smallest absolute Gasteiger partial charge is 0.245 e. The summed E-state index contributed by atoms with van der Waals surface area (Å²) in [6.45, 7) is 3.15. The van der Waals surface area contributed by atoms with E-state index in [1.54, 1.807) is 19.1 Å². The lowest BCUT2D eigenvalue weighted by atomic mass is 10.3. The van der Waals surface area contributed by atoms with Gasteiger partial charge in [0.15, 0.2) is 15.7 Å². The Kier molecular flexibility index (Phi) is 3.57. The van der Waals surface area contributed by atoms with Crippen molar-refractivity contribution in [2.24, 2.45) is 0 Å². The number of ether oxygens (including phenoxy) is 1. The highest BCUT2D eigenvalue weighted by Crippen LogP contribution is 2.29. The summed E-state index contributed by atoms with van der Waals surface area (Å²) in [5, 5.41) is 2.70. The van der Waals surface area contributed by atoms with E-state index in [-0.39, 0.29) is 10.8 Å². The van der Waals surface area contributed by atoms with Crippen LogP contribution in [0.2, 0.25) is 0 Å². The van der Waals surface area contributed by atoms with Crippen molar-refractivity contribution in [3.05, 3.63) is 36.0 Å². The molecule has 7 heteroatoms. The van der Waals surface area contributed by atoms with E-state index >= 15 is 0 Å². The highest BCUT2D eigenvalue weighted by Gasteiger charge is 2.29. The molecule has 2 rings (SSSR count). The lowest BCUT2D eigenvalue weighted by molar-refractivity contribution is 0.373. The molecule has 0 radical (unpaired) electrons. The number of hydrogen-bond acceptors (Lipinski definition) is 6. The number of benzene rings is 1. The number of aromatic nitrogens is 2. The van der Waals surface area contributed by atoms with Crippen molar-refractivity contribution in [2.75, 3.05) is 7.11 Å². The SMILES string of the molecule is COc1cccc(S(=O)(=O)[C@H](C)c2nc(C)no2)c1. The Balaban J connectivity index is 2.41. The summed E-state index contributed by atoms with van der Waals surface area (Å²) in [4.78, 5) is 4.12. The van der Waals surface area contributed by atoms with Crippen LogP contribution in [0.4, 0.5) is 0 Å². The second-order valence-corrected chi connectivity index (χ2v) is 6.31. The fourth-order valence-electron chi connectivity index (χ4n) is 1.59. The van der Waals surface area contributed by atoms with E-state index in [0.29, 0.717) is 11.6 Å². The van der Waals surface area contributed by atoms with Crippen LogP contribution in [0, 0.1) is 6.92 Å². The van der Waals surface area contributed by atoms with Crippen LogP contribution >= 0.6 is 0 Å². The van der Waals surface area contributed by atoms with Crippen LogP contribution in [-0.4, -0.2) is 25.7 Å². The van der Waals surface area contributed by atoms with E-state index in [4.69, 9.17) is 9.26 Å². The number of hydrogen-bond donors (Lipinski definition) is 0. The lowest BCUT2D eigenvalue weighted by Gasteiger charge is -2.10. The summed E-state index contributed by atoms with van der Waals surface area (Å²) in [6.07, 6.45) is 0. The van der Waals surface area contributed by atoms with Gasteiger partial charge in [0.05, 0.1) is 12.0 Å². The van der Waals surface area contributed by atoms with Crippen molar-refractivity contribution in [3.8, 4) is 5.75 Å². The second kappa shape index (κ2) is 5.00. The van der Waals surface area contributed by atoms with Crippen molar-refractivity contribution >= 4 is 9.84 Å². The Morgan fingerprint density at radius 2 is 2.11 bits per heavy atom. The number of methoxy groups -OCH3 is 1. The predicted molar refractivity (Wildman–Crippen MR) is 67.6 cm³/mol. The Morgan fingerprint density at radius 3 is 2.68 bits per heavy atom. The quantitative estimate of drug-likeness (QED) is 0.852. The standard InChI is InChI=1S/C12H14N2O4S/c1-8(12-13-9(2)14-18-12)19(15,16)11-6-4-5-10(7-11)17-3/h4-8H,1-3H3/t8-/m1/s1. The van der Waals surface area contributed by atoms with Gasteiger partial charge in [0.2, 0.25) is 5.89 Å². The van der Waals surface area contributed by atoms with Crippen molar-refractivity contribution in [2.45, 2.75) is 24.0 Å². The summed E-state index contributed by atoms with van der Waals surface area (Å²) in [5.74, 6) is 0.970. The van der Waals surface area contributed by atoms with Gasteiger partial charge < -0.3 is 9.26 Å². The van der Waals surface area contributed by atoms with E-state index in [1.807, 2.05) is 0 Å². The number of nitrogens with zero attached hydrogens (tertiary/aromatic N) is 2. The molecule has 6 nitrogen and oxygen atoms in total. The Hall–Kier alpha value is -1.89. The van der Waals surface area contributed by atoms with Gasteiger partial charge in [0, 0.05) is 0 Å². The molecule has 0 aliphatic heterocycles. The first-order valence-electron chi connectivity index (χ1n) is 5.63. The molecule has 0 unspecified atom stereocenters. The molecule has 0 fully saturated rings. The van der Waals surface area contributed by atoms with Gasteiger partial charge in [-0.05, 0) is 32.0 Å². The average Bonchev–Trinajstić information content (AvgIpc) is 2.84. The highest BCUT2D eigenvalue weighted by molar-refractivity contribution is 7.91. The van der Waals surface area contributed by atoms with Crippen LogP contribution in [-0.2, 0) is 9.84 Å². The molecular formula is C12H14N2O4S. The maximum Gasteiger partial charge on any atom is 0.245 e. The molecule has 102 valence electrons. The molecule has 0 saturated carbocycles. The first-order chi connectivity index (χ1) is 8.95. The topological polar surface area (TPSA) is 82.3 Å². The van der Waals surface area contributed by atoms with Gasteiger partial charge in [-0.15, -0.1) is 0 Å². The van der Waals surface area contributed by atoms with Gasteiger partial charge in [0.25, 0.3) is 0 Å². The summed E-state index contributed by atoms with van der Waals surface area (Å²) in [7, 11) is -2.10. The number of rotatable bonds is 4. The average molecular weight is 282 g/mol. The Bertz CT molecular complexity index is 679. The molecule has 0 saturated heterocycles. The van der Waals surface area contributed by atoms with Crippen molar-refractivity contribution < 1.29 is 17.7 Å². The minimum absolute atomic E-state index is 0.0836. The molecule has 1 heterocycles. The third kappa shape index (κ3) is 2.60. The predicted octanol–water partition coefficient (Wildman–Crippen LogP) is 1.92. The van der Waals surface area contributed by atoms with Crippen LogP contribution in [0.15, 0.2) is 33.7 Å². The largest absolute Gasteiger partial charge is 0.497 e. The molecule has 0 amide bonds. The first kappa shape index (κ1) is 13.5. The van der Waals surface area contributed by atoms with Gasteiger partial charge in [0.1, 0.15) is 11.0 Å². The zero-order valence-electron chi connectivity index (χ0n) is 10.8. The fraction of sp³-hybridized carbons (Fsp3) is 0.333. The van der Waals surface area contributed by atoms with Crippen molar-refractivity contribution in [1.82, 2.24) is 10.1 Å². The van der Waals surface area contributed by atoms with Gasteiger partial charge >= 0.3 is 0 Å². The van der Waals surface area contributed by atoms with Gasteiger partial charge in [-0.3, -0.25) is 0 Å². The molecule has 19 heavy (non-hydrogen) atoms. The van der Waals surface area contributed by atoms with Crippen molar-refractivity contribution in [1.29, 1.82) is 0 Å². The molecule has 1 atom stereocenters. The van der Waals surface area contributed by atoms with Gasteiger partial charge in [-0.1, -0.05) is 11.2 Å². The summed E-state index contributed by atoms with van der Waals surface area (Å²) in [6, 6.07) is 6.28. The molecule has 0 aliphatic rings. The molecule has 0 N–H and O–H groups in total. The van der Waals surface area contributed by atoms with E-state index < -0.39 is 15.1 Å². The van der Waals surface area contributed by atoms with E-state index in [2.05, 4.69) is 10.1 Å². The van der Waals surface area contributed by atoms with E-state index in [0.717, 1.165) is 0 Å². The van der Waals surface area contributed by atoms with Gasteiger partial charge in [-0.25, -0.2) is 8.42 Å². The van der Waals surface area contributed by atoms with Crippen LogP contribution in [0.3, 0.4) is 0 Å². The monoisotopic (exact) mass is 282 g/mol. The fourth-order valence-corrected chi connectivity index (χ4v) is 2.91. The maximum absolute atomic E-state index is 12.4. The zero-order valence-corrected chi connectivity index (χ0v) is 11.6. The zero-order chi connectivity index (χ0) is 14.0. The normalized spacial score (nSPS) is 13.2. The minimum atomic E-state index is -3.59. The van der Waals surface area contributed by atoms with E-state index in [9.17, 15) is 8.42 Å². The van der Waals surface area contributed by atoms with Crippen LogP contribution in [0.25, 0.3) is 0 Å². The minimum Gasteiger partial charge on any atom is -0.497 e.